The fourth-order valence-electron chi connectivity index (χ4n) is 2.75. The Morgan fingerprint density at radius 3 is 1.23 bits per heavy atom. The molecule has 0 aromatic heterocycles. The van der Waals surface area contributed by atoms with Gasteiger partial charge in [0.05, 0.1) is 0 Å². The van der Waals surface area contributed by atoms with E-state index < -0.39 is 0 Å². The molecule has 0 unspecified atom stereocenters. The van der Waals surface area contributed by atoms with Gasteiger partial charge < -0.3 is 5.11 Å². The van der Waals surface area contributed by atoms with E-state index in [1.54, 1.807) is 5.48 Å². The molecule has 0 aromatic carbocycles. The molecule has 132 valence electrons. The number of carbonyl (C=O) groups is 1. The maximum absolute atomic E-state index is 10.8. The molecule has 0 aliphatic heterocycles. The van der Waals surface area contributed by atoms with Gasteiger partial charge in [-0.25, -0.2) is 5.48 Å². The van der Waals surface area contributed by atoms with Gasteiger partial charge in [-0.05, 0) is 12.8 Å². The van der Waals surface area contributed by atoms with Crippen molar-refractivity contribution in [3.63, 3.8) is 0 Å². The molecular formula is C18H37NO3. The molecule has 1 amide bonds. The van der Waals surface area contributed by atoms with Gasteiger partial charge >= 0.3 is 0 Å². The van der Waals surface area contributed by atoms with Crippen molar-refractivity contribution in [3.8, 4) is 0 Å². The zero-order valence-corrected chi connectivity index (χ0v) is 14.3. The monoisotopic (exact) mass is 315 g/mol. The van der Waals surface area contributed by atoms with Crippen LogP contribution in [0.5, 0.6) is 0 Å². The summed E-state index contributed by atoms with van der Waals surface area (Å²) in [7, 11) is 0. The summed E-state index contributed by atoms with van der Waals surface area (Å²) in [6, 6.07) is 0. The van der Waals surface area contributed by atoms with Crippen LogP contribution >= 0.6 is 0 Å². The molecule has 0 atom stereocenters. The number of unbranched alkanes of at least 4 members (excludes halogenated alkanes) is 14. The van der Waals surface area contributed by atoms with Crippen LogP contribution in [0.2, 0.25) is 0 Å². The van der Waals surface area contributed by atoms with Crippen molar-refractivity contribution >= 4 is 5.91 Å². The number of aliphatic hydroxyl groups is 1. The van der Waals surface area contributed by atoms with Crippen molar-refractivity contribution < 1.29 is 15.1 Å². The summed E-state index contributed by atoms with van der Waals surface area (Å²) in [5, 5.41) is 17.0. The Morgan fingerprint density at radius 1 is 0.591 bits per heavy atom. The van der Waals surface area contributed by atoms with Gasteiger partial charge in [-0.1, -0.05) is 83.5 Å². The van der Waals surface area contributed by atoms with E-state index in [0.717, 1.165) is 19.3 Å². The largest absolute Gasteiger partial charge is 0.396 e. The molecule has 0 aliphatic carbocycles. The van der Waals surface area contributed by atoms with Gasteiger partial charge in [-0.2, -0.15) is 0 Å². The lowest BCUT2D eigenvalue weighted by molar-refractivity contribution is -0.129. The third-order valence-corrected chi connectivity index (χ3v) is 4.19. The maximum atomic E-state index is 10.8. The Balaban J connectivity index is 2.98. The van der Waals surface area contributed by atoms with Crippen LogP contribution in [0.1, 0.15) is 103 Å². The average molecular weight is 315 g/mol. The van der Waals surface area contributed by atoms with Gasteiger partial charge in [0.15, 0.2) is 0 Å². The van der Waals surface area contributed by atoms with E-state index >= 15 is 0 Å². The van der Waals surface area contributed by atoms with Crippen LogP contribution in [-0.4, -0.2) is 22.8 Å². The van der Waals surface area contributed by atoms with Crippen LogP contribution in [0.3, 0.4) is 0 Å². The highest BCUT2D eigenvalue weighted by molar-refractivity contribution is 5.74. The van der Waals surface area contributed by atoms with Gasteiger partial charge in [-0.3, -0.25) is 10.0 Å². The summed E-state index contributed by atoms with van der Waals surface area (Å²) in [5.74, 6) is -0.270. The van der Waals surface area contributed by atoms with E-state index in [0.29, 0.717) is 13.0 Å². The topological polar surface area (TPSA) is 69.6 Å². The van der Waals surface area contributed by atoms with Crippen molar-refractivity contribution in [1.82, 2.24) is 5.48 Å². The van der Waals surface area contributed by atoms with E-state index in [1.165, 1.54) is 77.0 Å². The molecule has 0 aromatic rings. The number of hydrogen-bond acceptors (Lipinski definition) is 3. The second kappa shape index (κ2) is 18.4. The second-order valence-electron chi connectivity index (χ2n) is 6.31. The molecular weight excluding hydrogens is 278 g/mol. The molecule has 22 heavy (non-hydrogen) atoms. The van der Waals surface area contributed by atoms with Crippen LogP contribution in [0.15, 0.2) is 0 Å². The van der Waals surface area contributed by atoms with Crippen molar-refractivity contribution in [1.29, 1.82) is 0 Å². The number of rotatable bonds is 17. The third-order valence-electron chi connectivity index (χ3n) is 4.19. The van der Waals surface area contributed by atoms with Gasteiger partial charge in [-0.15, -0.1) is 0 Å². The summed E-state index contributed by atoms with van der Waals surface area (Å²) in [6.07, 6.45) is 19.1. The number of aliphatic hydroxyl groups excluding tert-OH is 1. The smallest absolute Gasteiger partial charge is 0.243 e. The Bertz CT molecular complexity index is 234. The predicted octanol–water partition coefficient (Wildman–Crippen LogP) is 4.73. The fourth-order valence-corrected chi connectivity index (χ4v) is 2.75. The molecule has 0 bridgehead atoms. The number of carbonyl (C=O) groups excluding carboxylic acids is 1. The van der Waals surface area contributed by atoms with Gasteiger partial charge in [0.25, 0.3) is 0 Å². The van der Waals surface area contributed by atoms with E-state index in [1.807, 2.05) is 0 Å². The van der Waals surface area contributed by atoms with Crippen LogP contribution in [0, 0.1) is 0 Å². The zero-order valence-electron chi connectivity index (χ0n) is 14.3. The first kappa shape index (κ1) is 21.4. The molecule has 4 heteroatoms. The van der Waals surface area contributed by atoms with Crippen molar-refractivity contribution in [2.24, 2.45) is 0 Å². The summed E-state index contributed by atoms with van der Waals surface area (Å²) in [6.45, 7) is 0.345. The molecule has 0 heterocycles. The molecule has 0 fully saturated rings. The Kier molecular flexibility index (Phi) is 17.9. The Morgan fingerprint density at radius 2 is 0.909 bits per heavy atom. The average Bonchev–Trinajstić information content (AvgIpc) is 2.54. The predicted molar refractivity (Wildman–Crippen MR) is 90.9 cm³/mol. The van der Waals surface area contributed by atoms with E-state index in [9.17, 15) is 4.79 Å². The first-order valence-electron chi connectivity index (χ1n) is 9.35. The standard InChI is InChI=1S/C18H37NO3/c20-17-15-13-11-9-7-5-3-1-2-4-6-8-10-12-14-16-18(21)19-22/h20,22H,1-17H2,(H,19,21). The van der Waals surface area contributed by atoms with Crippen LogP contribution in [0.25, 0.3) is 0 Å². The molecule has 0 saturated carbocycles. The highest BCUT2D eigenvalue weighted by Gasteiger charge is 1.98. The highest BCUT2D eigenvalue weighted by Crippen LogP contribution is 2.13. The number of hydrogen-bond donors (Lipinski definition) is 3. The van der Waals surface area contributed by atoms with Crippen molar-refractivity contribution in [2.75, 3.05) is 6.61 Å². The second-order valence-corrected chi connectivity index (χ2v) is 6.31. The van der Waals surface area contributed by atoms with Gasteiger partial charge in [0.2, 0.25) is 5.91 Å². The normalized spacial score (nSPS) is 10.8. The van der Waals surface area contributed by atoms with Crippen LogP contribution in [0.4, 0.5) is 0 Å². The summed E-state index contributed by atoms with van der Waals surface area (Å²) < 4.78 is 0. The van der Waals surface area contributed by atoms with Crippen LogP contribution in [-0.2, 0) is 4.79 Å². The molecule has 3 N–H and O–H groups in total. The minimum atomic E-state index is -0.270. The van der Waals surface area contributed by atoms with E-state index in [-0.39, 0.29) is 5.91 Å². The van der Waals surface area contributed by atoms with E-state index in [2.05, 4.69) is 0 Å². The maximum Gasteiger partial charge on any atom is 0.243 e. The molecule has 0 radical (unpaired) electrons. The summed E-state index contributed by atoms with van der Waals surface area (Å²) in [4.78, 5) is 10.8. The SMILES string of the molecule is O=C(CCCCCCCCCCCCCCCCCO)NO. The van der Waals surface area contributed by atoms with Crippen molar-refractivity contribution in [3.05, 3.63) is 0 Å². The first-order valence-corrected chi connectivity index (χ1v) is 9.35. The molecule has 0 rings (SSSR count). The number of amides is 1. The third kappa shape index (κ3) is 17.4. The Labute approximate surface area is 136 Å². The van der Waals surface area contributed by atoms with Crippen LogP contribution < -0.4 is 5.48 Å². The lowest BCUT2D eigenvalue weighted by atomic mass is 10.0. The zero-order chi connectivity index (χ0) is 16.3. The first-order chi connectivity index (χ1) is 10.8. The number of nitrogens with one attached hydrogen (secondary N) is 1. The fraction of sp³-hybridized carbons (Fsp3) is 0.944. The molecule has 0 saturated heterocycles. The Hall–Kier alpha value is -0.610. The number of hydroxylamine groups is 1. The lowest BCUT2D eigenvalue weighted by Crippen LogP contribution is -2.17. The lowest BCUT2D eigenvalue weighted by Gasteiger charge is -2.03. The van der Waals surface area contributed by atoms with Gasteiger partial charge in [0.1, 0.15) is 0 Å². The molecule has 0 aliphatic rings. The minimum absolute atomic E-state index is 0.270. The molecule has 0 spiro atoms. The quantitative estimate of drug-likeness (QED) is 0.206. The summed E-state index contributed by atoms with van der Waals surface area (Å²) in [5.41, 5.74) is 1.67. The van der Waals surface area contributed by atoms with E-state index in [4.69, 9.17) is 10.3 Å². The van der Waals surface area contributed by atoms with Crippen molar-refractivity contribution in [2.45, 2.75) is 103 Å². The van der Waals surface area contributed by atoms with Gasteiger partial charge in [0, 0.05) is 13.0 Å². The summed E-state index contributed by atoms with van der Waals surface area (Å²) >= 11 is 0. The molecule has 4 nitrogen and oxygen atoms in total. The minimum Gasteiger partial charge on any atom is -0.396 e. The highest BCUT2D eigenvalue weighted by atomic mass is 16.5.